The molecule has 1 aromatic heterocycles. The van der Waals surface area contributed by atoms with E-state index in [1.807, 2.05) is 19.1 Å². The fourth-order valence-corrected chi connectivity index (χ4v) is 2.42. The number of hydrogen-bond acceptors (Lipinski definition) is 4. The Morgan fingerprint density at radius 1 is 1.19 bits per heavy atom. The van der Waals surface area contributed by atoms with Gasteiger partial charge in [-0.25, -0.2) is 4.39 Å². The molecule has 4 nitrogen and oxygen atoms in total. The van der Waals surface area contributed by atoms with Crippen LogP contribution in [-0.2, 0) is 0 Å². The van der Waals surface area contributed by atoms with Crippen LogP contribution < -0.4 is 5.73 Å². The Balaban J connectivity index is 2.01. The van der Waals surface area contributed by atoms with Gasteiger partial charge in [0, 0.05) is 21.3 Å². The molecule has 0 saturated carbocycles. The monoisotopic (exact) mass is 347 g/mol. The Kier molecular flexibility index (Phi) is 3.47. The van der Waals surface area contributed by atoms with Crippen LogP contribution in [0.25, 0.3) is 22.8 Å². The molecule has 2 N–H and O–H groups in total. The summed E-state index contributed by atoms with van der Waals surface area (Å²) in [5.41, 5.74) is 8.93. The highest BCUT2D eigenvalue weighted by Gasteiger charge is 2.14. The van der Waals surface area contributed by atoms with Gasteiger partial charge in [0.05, 0.1) is 0 Å². The van der Waals surface area contributed by atoms with Gasteiger partial charge in [0.25, 0.3) is 5.89 Å². The molecule has 0 bridgehead atoms. The van der Waals surface area contributed by atoms with Crippen LogP contribution in [-0.4, -0.2) is 10.1 Å². The van der Waals surface area contributed by atoms with E-state index in [-0.39, 0.29) is 5.82 Å². The maximum atomic E-state index is 13.1. The molecule has 0 aliphatic carbocycles. The third kappa shape index (κ3) is 2.67. The van der Waals surface area contributed by atoms with E-state index in [0.29, 0.717) is 27.4 Å². The van der Waals surface area contributed by atoms with Gasteiger partial charge < -0.3 is 10.3 Å². The normalized spacial score (nSPS) is 10.8. The first-order valence-electron chi connectivity index (χ1n) is 6.20. The predicted molar refractivity (Wildman–Crippen MR) is 82.0 cm³/mol. The highest BCUT2D eigenvalue weighted by atomic mass is 79.9. The minimum Gasteiger partial charge on any atom is -0.398 e. The van der Waals surface area contributed by atoms with Crippen molar-refractivity contribution in [3.8, 4) is 22.8 Å². The number of rotatable bonds is 2. The smallest absolute Gasteiger partial charge is 0.258 e. The molecule has 0 aliphatic rings. The summed E-state index contributed by atoms with van der Waals surface area (Å²) in [6, 6.07) is 9.84. The Labute approximate surface area is 128 Å². The van der Waals surface area contributed by atoms with Crippen LogP contribution in [0.3, 0.4) is 0 Å². The molecule has 0 fully saturated rings. The molecule has 0 saturated heterocycles. The Bertz CT molecular complexity index is 816. The predicted octanol–water partition coefficient (Wildman–Crippen LogP) is 4.20. The number of nitrogens with zero attached hydrogens (tertiary/aromatic N) is 2. The summed E-state index contributed by atoms with van der Waals surface area (Å²) >= 11 is 3.29. The molecule has 0 spiro atoms. The summed E-state index contributed by atoms with van der Waals surface area (Å²) in [4.78, 5) is 4.33. The van der Waals surface area contributed by atoms with E-state index in [2.05, 4.69) is 26.1 Å². The number of aryl methyl sites for hydroxylation is 1. The second-order valence-corrected chi connectivity index (χ2v) is 5.47. The SMILES string of the molecule is Cc1ccc(-c2nc(-c3ccc(F)cc3Br)no2)cc1N. The maximum absolute atomic E-state index is 13.1. The van der Waals surface area contributed by atoms with E-state index in [4.69, 9.17) is 10.3 Å². The lowest BCUT2D eigenvalue weighted by molar-refractivity contribution is 0.432. The van der Waals surface area contributed by atoms with Crippen molar-refractivity contribution in [2.75, 3.05) is 5.73 Å². The third-order valence-corrected chi connectivity index (χ3v) is 3.78. The van der Waals surface area contributed by atoms with Gasteiger partial charge in [-0.1, -0.05) is 11.2 Å². The van der Waals surface area contributed by atoms with Crippen molar-refractivity contribution in [3.05, 3.63) is 52.3 Å². The Hall–Kier alpha value is -2.21. The number of anilines is 1. The first-order chi connectivity index (χ1) is 10.0. The zero-order valence-electron chi connectivity index (χ0n) is 11.1. The number of hydrogen-bond donors (Lipinski definition) is 1. The third-order valence-electron chi connectivity index (χ3n) is 3.12. The van der Waals surface area contributed by atoms with Gasteiger partial charge in [-0.05, 0) is 58.7 Å². The Morgan fingerprint density at radius 2 is 2.00 bits per heavy atom. The van der Waals surface area contributed by atoms with Crippen LogP contribution in [0.1, 0.15) is 5.56 Å². The van der Waals surface area contributed by atoms with E-state index in [0.717, 1.165) is 11.1 Å². The summed E-state index contributed by atoms with van der Waals surface area (Å²) in [6.07, 6.45) is 0. The first kappa shape index (κ1) is 13.8. The fraction of sp³-hybridized carbons (Fsp3) is 0.0667. The van der Waals surface area contributed by atoms with E-state index >= 15 is 0 Å². The molecule has 3 aromatic rings. The largest absolute Gasteiger partial charge is 0.398 e. The summed E-state index contributed by atoms with van der Waals surface area (Å²) in [5, 5.41) is 3.93. The van der Waals surface area contributed by atoms with Crippen molar-refractivity contribution >= 4 is 21.6 Å². The molecule has 0 amide bonds. The van der Waals surface area contributed by atoms with Crippen LogP contribution in [0.5, 0.6) is 0 Å². The number of aromatic nitrogens is 2. The second-order valence-electron chi connectivity index (χ2n) is 4.62. The van der Waals surface area contributed by atoms with Gasteiger partial charge >= 0.3 is 0 Å². The van der Waals surface area contributed by atoms with Gasteiger partial charge in [0.2, 0.25) is 5.82 Å². The van der Waals surface area contributed by atoms with Crippen LogP contribution in [0.2, 0.25) is 0 Å². The summed E-state index contributed by atoms with van der Waals surface area (Å²) in [7, 11) is 0. The highest BCUT2D eigenvalue weighted by Crippen LogP contribution is 2.29. The van der Waals surface area contributed by atoms with Crippen molar-refractivity contribution in [1.82, 2.24) is 10.1 Å². The summed E-state index contributed by atoms with van der Waals surface area (Å²) < 4.78 is 18.9. The second kappa shape index (κ2) is 5.29. The van der Waals surface area contributed by atoms with Crippen molar-refractivity contribution < 1.29 is 8.91 Å². The van der Waals surface area contributed by atoms with Crippen molar-refractivity contribution in [2.45, 2.75) is 6.92 Å². The molecule has 3 rings (SSSR count). The fourth-order valence-electron chi connectivity index (χ4n) is 1.89. The van der Waals surface area contributed by atoms with Crippen molar-refractivity contribution in [3.63, 3.8) is 0 Å². The average Bonchev–Trinajstić information content (AvgIpc) is 2.91. The standard InChI is InChI=1S/C15H11BrFN3O/c1-8-2-3-9(6-13(8)18)15-19-14(20-21-15)11-5-4-10(17)7-12(11)16/h2-7H,18H2,1H3. The van der Waals surface area contributed by atoms with E-state index in [1.165, 1.54) is 12.1 Å². The molecule has 0 atom stereocenters. The lowest BCUT2D eigenvalue weighted by atomic mass is 10.1. The van der Waals surface area contributed by atoms with Crippen LogP contribution in [0.15, 0.2) is 45.4 Å². The number of nitrogens with two attached hydrogens (primary N) is 1. The number of halogens is 2. The molecule has 0 radical (unpaired) electrons. The quantitative estimate of drug-likeness (QED) is 0.705. The lowest BCUT2D eigenvalue weighted by Gasteiger charge is -2.00. The molecule has 21 heavy (non-hydrogen) atoms. The van der Waals surface area contributed by atoms with Gasteiger partial charge in [-0.3, -0.25) is 0 Å². The van der Waals surface area contributed by atoms with Gasteiger partial charge in [-0.2, -0.15) is 4.98 Å². The molecular weight excluding hydrogens is 337 g/mol. The topological polar surface area (TPSA) is 64.9 Å². The average molecular weight is 348 g/mol. The van der Waals surface area contributed by atoms with E-state index in [9.17, 15) is 4.39 Å². The molecule has 2 aromatic carbocycles. The number of benzene rings is 2. The van der Waals surface area contributed by atoms with E-state index < -0.39 is 0 Å². The number of nitrogen functional groups attached to an aromatic ring is 1. The molecule has 106 valence electrons. The molecule has 6 heteroatoms. The van der Waals surface area contributed by atoms with Crippen LogP contribution in [0.4, 0.5) is 10.1 Å². The first-order valence-corrected chi connectivity index (χ1v) is 6.99. The Morgan fingerprint density at radius 3 is 2.71 bits per heavy atom. The van der Waals surface area contributed by atoms with Crippen LogP contribution in [0, 0.1) is 12.7 Å². The zero-order chi connectivity index (χ0) is 15.0. The molecule has 0 unspecified atom stereocenters. The van der Waals surface area contributed by atoms with Crippen molar-refractivity contribution in [1.29, 1.82) is 0 Å². The maximum Gasteiger partial charge on any atom is 0.258 e. The molecule has 1 heterocycles. The molecular formula is C15H11BrFN3O. The lowest BCUT2D eigenvalue weighted by Crippen LogP contribution is -1.90. The van der Waals surface area contributed by atoms with Crippen LogP contribution >= 0.6 is 15.9 Å². The minimum atomic E-state index is -0.333. The molecule has 0 aliphatic heterocycles. The van der Waals surface area contributed by atoms with Gasteiger partial charge in [0.15, 0.2) is 0 Å². The van der Waals surface area contributed by atoms with Gasteiger partial charge in [0.1, 0.15) is 5.82 Å². The van der Waals surface area contributed by atoms with Crippen molar-refractivity contribution in [2.24, 2.45) is 0 Å². The minimum absolute atomic E-state index is 0.333. The van der Waals surface area contributed by atoms with E-state index in [1.54, 1.807) is 12.1 Å². The summed E-state index contributed by atoms with van der Waals surface area (Å²) in [6.45, 7) is 1.92. The van der Waals surface area contributed by atoms with Gasteiger partial charge in [-0.15, -0.1) is 0 Å². The highest BCUT2D eigenvalue weighted by molar-refractivity contribution is 9.10. The zero-order valence-corrected chi connectivity index (χ0v) is 12.7. The summed E-state index contributed by atoms with van der Waals surface area (Å²) in [5.74, 6) is 0.421.